The van der Waals surface area contributed by atoms with E-state index in [-0.39, 0.29) is 30.3 Å². The monoisotopic (exact) mass is 234 g/mol. The van der Waals surface area contributed by atoms with Crippen LogP contribution in [0.5, 0.6) is 0 Å². The third-order valence-electron chi connectivity index (χ3n) is 2.08. The first-order valence-corrected chi connectivity index (χ1v) is 5.65. The van der Waals surface area contributed by atoms with Crippen molar-refractivity contribution in [1.82, 2.24) is 0 Å². The molecule has 0 fully saturated rings. The van der Waals surface area contributed by atoms with E-state index in [9.17, 15) is 5.11 Å². The Morgan fingerprint density at radius 1 is 0.938 bits per heavy atom. The van der Waals surface area contributed by atoms with E-state index in [4.69, 9.17) is 14.6 Å². The summed E-state index contributed by atoms with van der Waals surface area (Å²) in [6, 6.07) is 0. The van der Waals surface area contributed by atoms with Crippen molar-refractivity contribution in [3.05, 3.63) is 0 Å². The molecule has 0 aliphatic heterocycles. The zero-order valence-corrected chi connectivity index (χ0v) is 11.3. The van der Waals surface area contributed by atoms with Crippen molar-refractivity contribution < 1.29 is 19.7 Å². The average molecular weight is 234 g/mol. The van der Waals surface area contributed by atoms with Crippen LogP contribution in [-0.4, -0.2) is 41.4 Å². The Morgan fingerprint density at radius 3 is 1.69 bits per heavy atom. The molecule has 4 nitrogen and oxygen atoms in total. The molecule has 2 unspecified atom stereocenters. The van der Waals surface area contributed by atoms with Crippen molar-refractivity contribution >= 4 is 0 Å². The summed E-state index contributed by atoms with van der Waals surface area (Å²) >= 11 is 0. The Labute approximate surface area is 98.6 Å². The fourth-order valence-electron chi connectivity index (χ4n) is 1.21. The zero-order chi connectivity index (χ0) is 13.0. The molecule has 0 aromatic carbocycles. The van der Waals surface area contributed by atoms with Gasteiger partial charge in [0.2, 0.25) is 0 Å². The van der Waals surface area contributed by atoms with Gasteiger partial charge in [0, 0.05) is 0 Å². The summed E-state index contributed by atoms with van der Waals surface area (Å²) < 4.78 is 11.1. The second-order valence-corrected chi connectivity index (χ2v) is 6.02. The van der Waals surface area contributed by atoms with Crippen molar-refractivity contribution in [2.45, 2.75) is 59.5 Å². The van der Waals surface area contributed by atoms with Gasteiger partial charge in [0.05, 0.1) is 24.9 Å². The van der Waals surface area contributed by atoms with Crippen LogP contribution in [0.2, 0.25) is 0 Å². The van der Waals surface area contributed by atoms with Crippen LogP contribution in [0, 0.1) is 5.41 Å². The van der Waals surface area contributed by atoms with Gasteiger partial charge in [-0.2, -0.15) is 0 Å². The third-order valence-corrected chi connectivity index (χ3v) is 2.08. The highest BCUT2D eigenvalue weighted by Gasteiger charge is 2.29. The van der Waals surface area contributed by atoms with E-state index in [2.05, 4.69) is 0 Å². The van der Waals surface area contributed by atoms with Gasteiger partial charge in [0.15, 0.2) is 6.29 Å². The summed E-state index contributed by atoms with van der Waals surface area (Å²) in [5.74, 6) is 0. The molecule has 0 aromatic rings. The fraction of sp³-hybridized carbons (Fsp3) is 1.00. The first-order valence-electron chi connectivity index (χ1n) is 5.65. The molecule has 4 heteroatoms. The van der Waals surface area contributed by atoms with E-state index < -0.39 is 6.29 Å². The lowest BCUT2D eigenvalue weighted by atomic mass is 9.89. The number of rotatable bonds is 5. The minimum absolute atomic E-state index is 0.0898. The van der Waals surface area contributed by atoms with Gasteiger partial charge >= 0.3 is 0 Å². The van der Waals surface area contributed by atoms with Gasteiger partial charge in [-0.25, -0.2) is 0 Å². The maximum absolute atomic E-state index is 9.24. The molecule has 0 aliphatic rings. The topological polar surface area (TPSA) is 58.9 Å². The van der Waals surface area contributed by atoms with Crippen molar-refractivity contribution in [1.29, 1.82) is 0 Å². The SMILES string of the molecule is CC(C)(C)OC(CO)OC(CO)C(C)(C)C. The van der Waals surface area contributed by atoms with E-state index in [1.54, 1.807) is 0 Å². The van der Waals surface area contributed by atoms with Crippen LogP contribution in [0.4, 0.5) is 0 Å². The van der Waals surface area contributed by atoms with Gasteiger partial charge < -0.3 is 19.7 Å². The number of ether oxygens (including phenoxy) is 2. The quantitative estimate of drug-likeness (QED) is 0.708. The molecule has 0 aliphatic carbocycles. The van der Waals surface area contributed by atoms with Crippen LogP contribution in [0.3, 0.4) is 0 Å². The molecule has 0 radical (unpaired) electrons. The Balaban J connectivity index is 4.40. The van der Waals surface area contributed by atoms with Crippen LogP contribution in [0.1, 0.15) is 41.5 Å². The largest absolute Gasteiger partial charge is 0.394 e. The zero-order valence-electron chi connectivity index (χ0n) is 11.3. The minimum Gasteiger partial charge on any atom is -0.394 e. The number of aliphatic hydroxyl groups excluding tert-OH is 2. The second-order valence-electron chi connectivity index (χ2n) is 6.02. The van der Waals surface area contributed by atoms with Crippen LogP contribution < -0.4 is 0 Å². The molecule has 0 saturated carbocycles. The van der Waals surface area contributed by atoms with Crippen LogP contribution in [-0.2, 0) is 9.47 Å². The molecule has 0 amide bonds. The third kappa shape index (κ3) is 6.43. The molecular weight excluding hydrogens is 208 g/mol. The van der Waals surface area contributed by atoms with E-state index >= 15 is 0 Å². The van der Waals surface area contributed by atoms with Gasteiger partial charge in [-0.15, -0.1) is 0 Å². The van der Waals surface area contributed by atoms with Crippen molar-refractivity contribution in [3.63, 3.8) is 0 Å². The van der Waals surface area contributed by atoms with Gasteiger partial charge in [-0.3, -0.25) is 0 Å². The average Bonchev–Trinajstić information content (AvgIpc) is 2.07. The first kappa shape index (κ1) is 15.8. The maximum Gasteiger partial charge on any atom is 0.181 e. The Kier molecular flexibility index (Phi) is 5.90. The fourth-order valence-corrected chi connectivity index (χ4v) is 1.21. The Bertz CT molecular complexity index is 190. The Hall–Kier alpha value is -0.160. The number of aliphatic hydroxyl groups is 2. The molecule has 0 spiro atoms. The molecule has 0 aromatic heterocycles. The summed E-state index contributed by atoms with van der Waals surface area (Å²) in [7, 11) is 0. The lowest BCUT2D eigenvalue weighted by Gasteiger charge is -2.34. The van der Waals surface area contributed by atoms with E-state index in [0.717, 1.165) is 0 Å². The summed E-state index contributed by atoms with van der Waals surface area (Å²) in [6.45, 7) is 11.3. The predicted molar refractivity (Wildman–Crippen MR) is 63.1 cm³/mol. The number of hydrogen-bond donors (Lipinski definition) is 2. The highest BCUT2D eigenvalue weighted by atomic mass is 16.7. The van der Waals surface area contributed by atoms with E-state index in [1.807, 2.05) is 41.5 Å². The lowest BCUT2D eigenvalue weighted by molar-refractivity contribution is -0.247. The second kappa shape index (κ2) is 5.96. The molecular formula is C12H26O4. The minimum atomic E-state index is -0.698. The molecule has 2 N–H and O–H groups in total. The van der Waals surface area contributed by atoms with Crippen LogP contribution >= 0.6 is 0 Å². The molecule has 0 heterocycles. The van der Waals surface area contributed by atoms with Crippen LogP contribution in [0.15, 0.2) is 0 Å². The van der Waals surface area contributed by atoms with Crippen molar-refractivity contribution in [3.8, 4) is 0 Å². The van der Waals surface area contributed by atoms with Gasteiger partial charge in [-0.1, -0.05) is 20.8 Å². The molecule has 0 saturated heterocycles. The van der Waals surface area contributed by atoms with Crippen LogP contribution in [0.25, 0.3) is 0 Å². The summed E-state index contributed by atoms with van der Waals surface area (Å²) in [5.41, 5.74) is -0.575. The normalized spacial score (nSPS) is 17.2. The highest BCUT2D eigenvalue weighted by molar-refractivity contribution is 4.74. The van der Waals surface area contributed by atoms with Gasteiger partial charge in [0.25, 0.3) is 0 Å². The van der Waals surface area contributed by atoms with E-state index in [0.29, 0.717) is 0 Å². The first-order chi connectivity index (χ1) is 7.10. The van der Waals surface area contributed by atoms with Crippen molar-refractivity contribution in [2.24, 2.45) is 5.41 Å². The van der Waals surface area contributed by atoms with Crippen molar-refractivity contribution in [2.75, 3.05) is 13.2 Å². The summed E-state index contributed by atoms with van der Waals surface area (Å²) in [6.07, 6.45) is -1.05. The molecule has 2 atom stereocenters. The molecule has 98 valence electrons. The number of hydrogen-bond acceptors (Lipinski definition) is 4. The highest BCUT2D eigenvalue weighted by Crippen LogP contribution is 2.24. The summed E-state index contributed by atoms with van der Waals surface area (Å²) in [4.78, 5) is 0. The maximum atomic E-state index is 9.24. The smallest absolute Gasteiger partial charge is 0.181 e. The lowest BCUT2D eigenvalue weighted by Crippen LogP contribution is -2.41. The van der Waals surface area contributed by atoms with Gasteiger partial charge in [0.1, 0.15) is 0 Å². The molecule has 0 rings (SSSR count). The molecule has 0 bridgehead atoms. The summed E-state index contributed by atoms with van der Waals surface area (Å²) in [5, 5.41) is 18.4. The predicted octanol–water partition coefficient (Wildman–Crippen LogP) is 1.54. The van der Waals surface area contributed by atoms with E-state index in [1.165, 1.54) is 0 Å². The molecule has 16 heavy (non-hydrogen) atoms. The standard InChI is InChI=1S/C12H26O4/c1-11(2,3)9(7-13)15-10(8-14)16-12(4,5)6/h9-10,13-14H,7-8H2,1-6H3. The Morgan fingerprint density at radius 2 is 1.44 bits per heavy atom. The van der Waals surface area contributed by atoms with Gasteiger partial charge in [-0.05, 0) is 26.2 Å².